The largest absolute Gasteiger partial charge is 0.477 e. The van der Waals surface area contributed by atoms with Crippen LogP contribution in [-0.2, 0) is 16.1 Å². The maximum Gasteiger partial charge on any atom is 0.352 e. The van der Waals surface area contributed by atoms with E-state index in [2.05, 4.69) is 0 Å². The van der Waals surface area contributed by atoms with Crippen LogP contribution in [0.15, 0.2) is 48.1 Å². The number of carbonyl (C=O) groups is 2. The highest BCUT2D eigenvalue weighted by Crippen LogP contribution is 2.39. The summed E-state index contributed by atoms with van der Waals surface area (Å²) in [7, 11) is 0. The lowest BCUT2D eigenvalue weighted by atomic mass is 10.0. The molecule has 4 rings (SSSR count). The number of carboxylic acid groups (broad SMARTS) is 1. The summed E-state index contributed by atoms with van der Waals surface area (Å²) in [6.07, 6.45) is 5.75. The summed E-state index contributed by atoms with van der Waals surface area (Å²) >= 11 is 1.52. The summed E-state index contributed by atoms with van der Waals surface area (Å²) < 4.78 is 3.94. The molecule has 0 aromatic carbocycles. The summed E-state index contributed by atoms with van der Waals surface area (Å²) in [5, 5.41) is 9.30. The number of nitrogens with two attached hydrogens (primary N) is 1. The Morgan fingerprint density at radius 3 is 3.04 bits per heavy atom. The number of carboxylic acids is 1. The number of nitrogens with zero attached hydrogens (tertiary/aromatic N) is 3. The highest BCUT2D eigenvalue weighted by Gasteiger charge is 2.51. The molecule has 1 amide bonds. The van der Waals surface area contributed by atoms with Gasteiger partial charge in [-0.05, 0) is 6.07 Å². The predicted octanol–water partition coefficient (Wildman–Crippen LogP) is -0.192. The number of amides is 1. The van der Waals surface area contributed by atoms with Gasteiger partial charge in [-0.2, -0.15) is 0 Å². The molecule has 2 aliphatic heterocycles. The van der Waals surface area contributed by atoms with Crippen LogP contribution in [0.25, 0.3) is 5.65 Å². The highest BCUT2D eigenvalue weighted by molar-refractivity contribution is 8.00. The topological polar surface area (TPSA) is 91.9 Å². The molecule has 1 fully saturated rings. The summed E-state index contributed by atoms with van der Waals surface area (Å²) in [4.78, 5) is 25.0. The van der Waals surface area contributed by atoms with Crippen molar-refractivity contribution in [2.24, 2.45) is 5.73 Å². The Labute approximate surface area is 136 Å². The third kappa shape index (κ3) is 2.06. The average Bonchev–Trinajstić information content (AvgIpc) is 2.96. The van der Waals surface area contributed by atoms with Gasteiger partial charge in [0.15, 0.2) is 0 Å². The Morgan fingerprint density at radius 1 is 1.43 bits per heavy atom. The zero-order valence-electron chi connectivity index (χ0n) is 12.1. The summed E-state index contributed by atoms with van der Waals surface area (Å²) in [5.74, 6) is -0.834. The Hall–Kier alpha value is -2.32. The van der Waals surface area contributed by atoms with E-state index >= 15 is 0 Å². The molecule has 0 aliphatic carbocycles. The van der Waals surface area contributed by atoms with Crippen molar-refractivity contribution in [3.05, 3.63) is 48.1 Å². The molecular formula is C15H15N4O3S+. The van der Waals surface area contributed by atoms with Gasteiger partial charge >= 0.3 is 5.97 Å². The SMILES string of the molecule is N[C@@H]1C(=O)N2C(C(=O)O)=C(C[n+]3ccn4ccccc43)CS[C@@H]12. The van der Waals surface area contributed by atoms with Crippen molar-refractivity contribution < 1.29 is 19.3 Å². The van der Waals surface area contributed by atoms with Crippen LogP contribution in [0, 0.1) is 0 Å². The molecule has 0 unspecified atom stereocenters. The molecular weight excluding hydrogens is 316 g/mol. The van der Waals surface area contributed by atoms with Crippen LogP contribution < -0.4 is 10.3 Å². The molecule has 7 nitrogen and oxygen atoms in total. The third-order valence-corrected chi connectivity index (χ3v) is 5.58. The fourth-order valence-corrected chi connectivity index (χ4v) is 4.37. The van der Waals surface area contributed by atoms with Crippen molar-refractivity contribution >= 4 is 29.3 Å². The second kappa shape index (κ2) is 5.10. The van der Waals surface area contributed by atoms with E-state index in [0.29, 0.717) is 12.3 Å². The van der Waals surface area contributed by atoms with Crippen molar-refractivity contribution in [3.8, 4) is 0 Å². The Morgan fingerprint density at radius 2 is 2.26 bits per heavy atom. The van der Waals surface area contributed by atoms with Gasteiger partial charge in [0.1, 0.15) is 36.1 Å². The number of hydrogen-bond acceptors (Lipinski definition) is 4. The number of rotatable bonds is 3. The number of carbonyl (C=O) groups excluding carboxylic acids is 1. The molecule has 2 aromatic heterocycles. The lowest BCUT2D eigenvalue weighted by molar-refractivity contribution is -0.662. The number of pyridine rings is 1. The minimum Gasteiger partial charge on any atom is -0.477 e. The molecule has 0 spiro atoms. The van der Waals surface area contributed by atoms with Gasteiger partial charge in [-0.25, -0.2) is 13.8 Å². The molecule has 118 valence electrons. The van der Waals surface area contributed by atoms with Crippen LogP contribution in [0.2, 0.25) is 0 Å². The van der Waals surface area contributed by atoms with Gasteiger partial charge in [0.05, 0.1) is 6.20 Å². The first-order valence-corrected chi connectivity index (χ1v) is 8.23. The molecule has 2 atom stereocenters. The van der Waals surface area contributed by atoms with Crippen LogP contribution in [0.3, 0.4) is 0 Å². The predicted molar refractivity (Wildman–Crippen MR) is 83.3 cm³/mol. The molecule has 0 radical (unpaired) electrons. The Kier molecular flexibility index (Phi) is 3.17. The van der Waals surface area contributed by atoms with Crippen molar-refractivity contribution in [1.29, 1.82) is 0 Å². The van der Waals surface area contributed by atoms with Gasteiger partial charge in [0, 0.05) is 17.4 Å². The zero-order chi connectivity index (χ0) is 16.1. The van der Waals surface area contributed by atoms with E-state index in [9.17, 15) is 14.7 Å². The third-order valence-electron chi connectivity index (χ3n) is 4.22. The summed E-state index contributed by atoms with van der Waals surface area (Å²) in [5.41, 5.74) is 7.53. The quantitative estimate of drug-likeness (QED) is 0.601. The maximum atomic E-state index is 12.0. The number of aliphatic carboxylic acids is 1. The van der Waals surface area contributed by atoms with Crippen LogP contribution in [0.1, 0.15) is 0 Å². The molecule has 2 aliphatic rings. The molecule has 2 aromatic rings. The monoisotopic (exact) mass is 331 g/mol. The van der Waals surface area contributed by atoms with E-state index < -0.39 is 12.0 Å². The average molecular weight is 331 g/mol. The van der Waals surface area contributed by atoms with E-state index in [1.807, 2.05) is 45.8 Å². The van der Waals surface area contributed by atoms with Crippen LogP contribution >= 0.6 is 11.8 Å². The normalized spacial score (nSPS) is 23.9. The molecule has 4 heterocycles. The van der Waals surface area contributed by atoms with Crippen LogP contribution in [0.5, 0.6) is 0 Å². The number of β-lactam (4-membered cyclic amide) rings is 1. The summed E-state index contributed by atoms with van der Waals surface area (Å²) in [6, 6.07) is 5.23. The van der Waals surface area contributed by atoms with Crippen LogP contribution in [0.4, 0.5) is 0 Å². The number of fused-ring (bicyclic) bond motifs is 2. The zero-order valence-corrected chi connectivity index (χ0v) is 12.9. The number of hydrogen-bond donors (Lipinski definition) is 2. The van der Waals surface area contributed by atoms with Gasteiger partial charge in [-0.1, -0.05) is 6.07 Å². The van der Waals surface area contributed by atoms with E-state index in [4.69, 9.17) is 5.73 Å². The minimum atomic E-state index is -1.07. The van der Waals surface area contributed by atoms with Gasteiger partial charge in [0.2, 0.25) is 5.91 Å². The molecule has 3 N–H and O–H groups in total. The lowest BCUT2D eigenvalue weighted by Crippen LogP contribution is -2.68. The lowest BCUT2D eigenvalue weighted by Gasteiger charge is -2.47. The molecule has 8 heteroatoms. The molecule has 1 saturated heterocycles. The number of imidazole rings is 1. The summed E-state index contributed by atoms with van der Waals surface area (Å²) in [6.45, 7) is 0.431. The number of aromatic nitrogens is 2. The van der Waals surface area contributed by atoms with E-state index in [1.165, 1.54) is 16.7 Å². The van der Waals surface area contributed by atoms with E-state index in [0.717, 1.165) is 11.2 Å². The van der Waals surface area contributed by atoms with E-state index in [1.54, 1.807) is 0 Å². The van der Waals surface area contributed by atoms with Crippen molar-refractivity contribution in [3.63, 3.8) is 0 Å². The fourth-order valence-electron chi connectivity index (χ4n) is 3.09. The van der Waals surface area contributed by atoms with Gasteiger partial charge in [-0.3, -0.25) is 9.69 Å². The van der Waals surface area contributed by atoms with Crippen LogP contribution in [-0.4, -0.2) is 43.5 Å². The van der Waals surface area contributed by atoms with Gasteiger partial charge < -0.3 is 10.8 Å². The molecule has 0 bridgehead atoms. The van der Waals surface area contributed by atoms with Gasteiger partial charge in [0.25, 0.3) is 5.65 Å². The first kappa shape index (κ1) is 14.3. The molecule has 23 heavy (non-hydrogen) atoms. The van der Waals surface area contributed by atoms with Gasteiger partial charge in [-0.15, -0.1) is 11.8 Å². The van der Waals surface area contributed by atoms with Crippen molar-refractivity contribution in [2.45, 2.75) is 18.0 Å². The standard InChI is InChI=1S/C15H14N4O3S/c16-11-13(20)19-12(15(21)22)9(8-23-14(11)19)7-18-6-5-17-4-2-1-3-10(17)18/h1-6,11,14H,7-8,16H2/p+1/t11-,14+/m1/s1. The van der Waals surface area contributed by atoms with E-state index in [-0.39, 0.29) is 17.0 Å². The maximum absolute atomic E-state index is 12.0. The minimum absolute atomic E-state index is 0.0863. The first-order chi connectivity index (χ1) is 11.1. The Bertz CT molecular complexity index is 859. The fraction of sp³-hybridized carbons (Fsp3) is 0.267. The first-order valence-electron chi connectivity index (χ1n) is 7.18. The smallest absolute Gasteiger partial charge is 0.352 e. The highest BCUT2D eigenvalue weighted by atomic mass is 32.2. The second-order valence-corrected chi connectivity index (χ2v) is 6.69. The van der Waals surface area contributed by atoms with Crippen molar-refractivity contribution in [2.75, 3.05) is 5.75 Å². The second-order valence-electron chi connectivity index (χ2n) is 5.59. The van der Waals surface area contributed by atoms with Crippen molar-refractivity contribution in [1.82, 2.24) is 9.30 Å². The Balaban J connectivity index is 1.74. The number of thioether (sulfide) groups is 1. The molecule has 0 saturated carbocycles.